The van der Waals surface area contributed by atoms with Gasteiger partial charge in [-0.3, -0.25) is 14.6 Å². The molecule has 1 amide bonds. The number of anilines is 1. The number of carbonyl (C=O) groups excluding carboxylic acids is 1. The summed E-state index contributed by atoms with van der Waals surface area (Å²) in [6, 6.07) is 0.288. The van der Waals surface area contributed by atoms with E-state index in [0.29, 0.717) is 6.54 Å². The maximum absolute atomic E-state index is 11.5. The summed E-state index contributed by atoms with van der Waals surface area (Å²) in [5, 5.41) is 2.84. The SMILES string of the molecule is CCN(C(C)=O)c1nc(CN2CCCC(N)C2)cs1. The van der Waals surface area contributed by atoms with Crippen LogP contribution in [0.15, 0.2) is 5.38 Å². The third kappa shape index (κ3) is 3.75. The van der Waals surface area contributed by atoms with Gasteiger partial charge in [0.1, 0.15) is 0 Å². The Morgan fingerprint density at radius 3 is 3.11 bits per heavy atom. The van der Waals surface area contributed by atoms with Crippen LogP contribution in [0.2, 0.25) is 0 Å². The molecule has 2 heterocycles. The van der Waals surface area contributed by atoms with Crippen molar-refractivity contribution < 1.29 is 4.79 Å². The van der Waals surface area contributed by atoms with Gasteiger partial charge in [0.25, 0.3) is 0 Å². The molecule has 1 unspecified atom stereocenters. The minimum Gasteiger partial charge on any atom is -0.327 e. The van der Waals surface area contributed by atoms with Gasteiger partial charge >= 0.3 is 0 Å². The van der Waals surface area contributed by atoms with Crippen molar-refractivity contribution in [3.05, 3.63) is 11.1 Å². The second kappa shape index (κ2) is 6.45. The van der Waals surface area contributed by atoms with Gasteiger partial charge in [-0.05, 0) is 26.3 Å². The maximum atomic E-state index is 11.5. The molecular weight excluding hydrogens is 260 g/mol. The Bertz CT molecular complexity index is 434. The smallest absolute Gasteiger partial charge is 0.225 e. The lowest BCUT2D eigenvalue weighted by Crippen LogP contribution is -2.42. The number of carbonyl (C=O) groups is 1. The molecule has 1 aliphatic rings. The Hall–Kier alpha value is -0.980. The largest absolute Gasteiger partial charge is 0.327 e. The molecule has 1 aromatic heterocycles. The monoisotopic (exact) mass is 282 g/mol. The number of piperidine rings is 1. The van der Waals surface area contributed by atoms with Crippen molar-refractivity contribution in [2.75, 3.05) is 24.5 Å². The summed E-state index contributed by atoms with van der Waals surface area (Å²) in [6.07, 6.45) is 2.28. The maximum Gasteiger partial charge on any atom is 0.225 e. The van der Waals surface area contributed by atoms with E-state index < -0.39 is 0 Å². The second-order valence-electron chi connectivity index (χ2n) is 5.02. The lowest BCUT2D eigenvalue weighted by Gasteiger charge is -2.29. The molecule has 19 heavy (non-hydrogen) atoms. The number of thiazole rings is 1. The van der Waals surface area contributed by atoms with Crippen molar-refractivity contribution in [3.63, 3.8) is 0 Å². The molecule has 0 spiro atoms. The van der Waals surface area contributed by atoms with Crippen LogP contribution in [0, 0.1) is 0 Å². The fraction of sp³-hybridized carbons (Fsp3) is 0.692. The van der Waals surface area contributed by atoms with E-state index >= 15 is 0 Å². The van der Waals surface area contributed by atoms with Gasteiger partial charge < -0.3 is 5.73 Å². The van der Waals surface area contributed by atoms with E-state index in [2.05, 4.69) is 9.88 Å². The number of hydrogen-bond donors (Lipinski definition) is 1. The molecule has 0 bridgehead atoms. The number of amides is 1. The number of aromatic nitrogens is 1. The molecule has 1 aliphatic heterocycles. The first-order valence-electron chi connectivity index (χ1n) is 6.80. The summed E-state index contributed by atoms with van der Waals surface area (Å²) in [4.78, 5) is 20.1. The lowest BCUT2D eigenvalue weighted by atomic mass is 10.1. The molecule has 0 aliphatic carbocycles. The predicted molar refractivity (Wildman–Crippen MR) is 78.3 cm³/mol. The normalized spacial score (nSPS) is 20.5. The molecule has 5 nitrogen and oxygen atoms in total. The van der Waals surface area contributed by atoms with E-state index in [0.717, 1.165) is 43.3 Å². The van der Waals surface area contributed by atoms with Gasteiger partial charge in [0, 0.05) is 38.0 Å². The van der Waals surface area contributed by atoms with Crippen molar-refractivity contribution in [1.29, 1.82) is 0 Å². The molecule has 0 aromatic carbocycles. The first kappa shape index (κ1) is 14.4. The van der Waals surface area contributed by atoms with E-state index in [1.54, 1.807) is 11.8 Å². The summed E-state index contributed by atoms with van der Waals surface area (Å²) < 4.78 is 0. The van der Waals surface area contributed by atoms with Crippen LogP contribution in [0.4, 0.5) is 5.13 Å². The summed E-state index contributed by atoms with van der Waals surface area (Å²) >= 11 is 1.54. The van der Waals surface area contributed by atoms with Crippen LogP contribution in [-0.2, 0) is 11.3 Å². The second-order valence-corrected chi connectivity index (χ2v) is 5.86. The molecule has 2 rings (SSSR count). The topological polar surface area (TPSA) is 62.5 Å². The molecule has 1 atom stereocenters. The molecule has 6 heteroatoms. The van der Waals surface area contributed by atoms with Crippen molar-refractivity contribution in [2.45, 2.75) is 39.3 Å². The summed E-state index contributed by atoms with van der Waals surface area (Å²) in [5.74, 6) is 0.0448. The van der Waals surface area contributed by atoms with Gasteiger partial charge in [-0.15, -0.1) is 11.3 Å². The molecule has 1 saturated heterocycles. The zero-order chi connectivity index (χ0) is 13.8. The molecule has 0 saturated carbocycles. The third-order valence-corrected chi connectivity index (χ3v) is 4.31. The van der Waals surface area contributed by atoms with E-state index in [1.807, 2.05) is 12.3 Å². The molecule has 1 fully saturated rings. The summed E-state index contributed by atoms with van der Waals surface area (Å²) in [6.45, 7) is 7.07. The average Bonchev–Trinajstić information content (AvgIpc) is 2.78. The zero-order valence-electron chi connectivity index (χ0n) is 11.6. The minimum atomic E-state index is 0.0448. The number of likely N-dealkylation sites (tertiary alicyclic amines) is 1. The van der Waals surface area contributed by atoms with Crippen molar-refractivity contribution in [1.82, 2.24) is 9.88 Å². The Balaban J connectivity index is 1.98. The van der Waals surface area contributed by atoms with Crippen LogP contribution < -0.4 is 10.6 Å². The van der Waals surface area contributed by atoms with E-state index in [4.69, 9.17) is 5.73 Å². The van der Waals surface area contributed by atoms with Crippen molar-refractivity contribution in [2.24, 2.45) is 5.73 Å². The van der Waals surface area contributed by atoms with Gasteiger partial charge in [-0.2, -0.15) is 0 Å². The zero-order valence-corrected chi connectivity index (χ0v) is 12.4. The van der Waals surface area contributed by atoms with Crippen molar-refractivity contribution >= 4 is 22.4 Å². The highest BCUT2D eigenvalue weighted by Gasteiger charge is 2.19. The fourth-order valence-electron chi connectivity index (χ4n) is 2.45. The number of nitrogens with zero attached hydrogens (tertiary/aromatic N) is 3. The molecule has 2 N–H and O–H groups in total. The Kier molecular flexibility index (Phi) is 4.90. The molecular formula is C13H22N4OS. The van der Waals surface area contributed by atoms with E-state index in [1.165, 1.54) is 11.3 Å². The predicted octanol–water partition coefficient (Wildman–Crippen LogP) is 1.44. The molecule has 1 aromatic rings. The van der Waals surface area contributed by atoms with E-state index in [9.17, 15) is 4.79 Å². The lowest BCUT2D eigenvalue weighted by molar-refractivity contribution is -0.116. The highest BCUT2D eigenvalue weighted by atomic mass is 32.1. The highest BCUT2D eigenvalue weighted by Crippen LogP contribution is 2.22. The van der Waals surface area contributed by atoms with Crippen LogP contribution in [0.25, 0.3) is 0 Å². The van der Waals surface area contributed by atoms with Crippen LogP contribution in [0.3, 0.4) is 0 Å². The van der Waals surface area contributed by atoms with Gasteiger partial charge in [0.15, 0.2) is 5.13 Å². The van der Waals surface area contributed by atoms with Crippen LogP contribution >= 0.6 is 11.3 Å². The van der Waals surface area contributed by atoms with Gasteiger partial charge in [0.2, 0.25) is 5.91 Å². The third-order valence-electron chi connectivity index (χ3n) is 3.39. The number of hydrogen-bond acceptors (Lipinski definition) is 5. The highest BCUT2D eigenvalue weighted by molar-refractivity contribution is 7.14. The first-order chi connectivity index (χ1) is 9.10. The Labute approximate surface area is 118 Å². The standard InChI is InChI=1S/C13H22N4OS/c1-3-17(10(2)18)13-15-12(9-19-13)8-16-6-4-5-11(14)7-16/h9,11H,3-8,14H2,1-2H3. The Morgan fingerprint density at radius 1 is 1.68 bits per heavy atom. The molecule has 0 radical (unpaired) electrons. The van der Waals surface area contributed by atoms with Gasteiger partial charge in [0.05, 0.1) is 5.69 Å². The van der Waals surface area contributed by atoms with Gasteiger partial charge in [-0.25, -0.2) is 4.98 Å². The first-order valence-corrected chi connectivity index (χ1v) is 7.68. The Morgan fingerprint density at radius 2 is 2.47 bits per heavy atom. The quantitative estimate of drug-likeness (QED) is 0.907. The molecule has 106 valence electrons. The van der Waals surface area contributed by atoms with Gasteiger partial charge in [-0.1, -0.05) is 0 Å². The summed E-state index contributed by atoms with van der Waals surface area (Å²) in [5.41, 5.74) is 7.02. The van der Waals surface area contributed by atoms with E-state index in [-0.39, 0.29) is 11.9 Å². The van der Waals surface area contributed by atoms with Crippen LogP contribution in [0.1, 0.15) is 32.4 Å². The van der Waals surface area contributed by atoms with Crippen molar-refractivity contribution in [3.8, 4) is 0 Å². The van der Waals surface area contributed by atoms with Crippen LogP contribution in [-0.4, -0.2) is 41.5 Å². The number of nitrogens with two attached hydrogens (primary N) is 1. The van der Waals surface area contributed by atoms with Crippen LogP contribution in [0.5, 0.6) is 0 Å². The number of rotatable bonds is 4. The fourth-order valence-corrected chi connectivity index (χ4v) is 3.37. The summed E-state index contributed by atoms with van der Waals surface area (Å²) in [7, 11) is 0. The average molecular weight is 282 g/mol. The minimum absolute atomic E-state index is 0.0448.